The zero-order valence-corrected chi connectivity index (χ0v) is 12.0. The fraction of sp³-hybridized carbons (Fsp3) is 0.500. The van der Waals surface area contributed by atoms with Gasteiger partial charge in [0.05, 0.1) is 13.7 Å². The third-order valence-electron chi connectivity index (χ3n) is 2.82. The van der Waals surface area contributed by atoms with Gasteiger partial charge in [0.25, 0.3) is 0 Å². The Morgan fingerprint density at radius 3 is 2.42 bits per heavy atom. The first-order valence-corrected chi connectivity index (χ1v) is 6.22. The fourth-order valence-corrected chi connectivity index (χ4v) is 1.78. The van der Waals surface area contributed by atoms with Crippen LogP contribution in [0.5, 0.6) is 5.75 Å². The molecule has 0 radical (unpaired) electrons. The topological polar surface area (TPSA) is 64.8 Å². The molecule has 1 aromatic carbocycles. The minimum absolute atomic E-state index is 0.331. The van der Waals surface area contributed by atoms with E-state index in [9.17, 15) is 4.79 Å². The Kier molecular flexibility index (Phi) is 5.18. The summed E-state index contributed by atoms with van der Waals surface area (Å²) in [6, 6.07) is 7.56. The van der Waals surface area contributed by atoms with E-state index < -0.39 is 11.5 Å². The van der Waals surface area contributed by atoms with Crippen molar-refractivity contribution in [1.82, 2.24) is 0 Å². The molecule has 0 saturated carbocycles. The summed E-state index contributed by atoms with van der Waals surface area (Å²) in [5.74, 6) is 0.397. The van der Waals surface area contributed by atoms with Crippen LogP contribution in [0.1, 0.15) is 13.8 Å². The predicted octanol–water partition coefficient (Wildman–Crippen LogP) is 1.41. The molecule has 0 heterocycles. The number of ether oxygens (including phenoxy) is 2. The molecule has 1 rings (SSSR count). The van der Waals surface area contributed by atoms with Gasteiger partial charge in [-0.3, -0.25) is 0 Å². The summed E-state index contributed by atoms with van der Waals surface area (Å²) < 4.78 is 10.1. The number of rotatable bonds is 6. The summed E-state index contributed by atoms with van der Waals surface area (Å²) in [7, 11) is 3.50. The van der Waals surface area contributed by atoms with Crippen LogP contribution >= 0.6 is 0 Å². The second-order valence-electron chi connectivity index (χ2n) is 4.69. The molecule has 0 spiro atoms. The standard InChI is InChI=1S/C14H22N2O3/c1-5-19-13(17)14(2,15)10-16(3)11-6-8-12(18-4)9-7-11/h6-9H,5,10,15H2,1-4H3. The van der Waals surface area contributed by atoms with E-state index in [4.69, 9.17) is 15.2 Å². The van der Waals surface area contributed by atoms with E-state index in [0.29, 0.717) is 13.2 Å². The smallest absolute Gasteiger partial charge is 0.327 e. The molecule has 19 heavy (non-hydrogen) atoms. The Morgan fingerprint density at radius 1 is 1.37 bits per heavy atom. The number of hydrogen-bond acceptors (Lipinski definition) is 5. The van der Waals surface area contributed by atoms with Crippen molar-refractivity contribution in [2.24, 2.45) is 5.73 Å². The van der Waals surface area contributed by atoms with Crippen molar-refractivity contribution >= 4 is 11.7 Å². The lowest BCUT2D eigenvalue weighted by Crippen LogP contribution is -2.54. The molecule has 0 aliphatic rings. The molecule has 0 amide bonds. The van der Waals surface area contributed by atoms with Gasteiger partial charge >= 0.3 is 5.97 Å². The average molecular weight is 266 g/mol. The second-order valence-corrected chi connectivity index (χ2v) is 4.69. The van der Waals surface area contributed by atoms with Crippen molar-refractivity contribution in [2.45, 2.75) is 19.4 Å². The van der Waals surface area contributed by atoms with Crippen LogP contribution in [0.2, 0.25) is 0 Å². The SMILES string of the molecule is CCOC(=O)C(C)(N)CN(C)c1ccc(OC)cc1. The molecule has 106 valence electrons. The monoisotopic (exact) mass is 266 g/mol. The highest BCUT2D eigenvalue weighted by atomic mass is 16.5. The summed E-state index contributed by atoms with van der Waals surface area (Å²) in [5, 5.41) is 0. The normalized spacial score (nSPS) is 13.5. The molecule has 5 heteroatoms. The Labute approximate surface area is 114 Å². The number of benzene rings is 1. The Hall–Kier alpha value is -1.75. The number of nitrogens with zero attached hydrogens (tertiary/aromatic N) is 1. The summed E-state index contributed by atoms with van der Waals surface area (Å²) in [4.78, 5) is 13.7. The van der Waals surface area contributed by atoms with Crippen LogP contribution < -0.4 is 15.4 Å². The van der Waals surface area contributed by atoms with Gasteiger partial charge in [-0.2, -0.15) is 0 Å². The quantitative estimate of drug-likeness (QED) is 0.789. The summed E-state index contributed by atoms with van der Waals surface area (Å²) in [5.41, 5.74) is 5.92. The van der Waals surface area contributed by atoms with E-state index in [2.05, 4.69) is 0 Å². The first-order valence-electron chi connectivity index (χ1n) is 6.22. The number of carbonyl (C=O) groups excluding carboxylic acids is 1. The lowest BCUT2D eigenvalue weighted by atomic mass is 10.0. The first kappa shape index (κ1) is 15.3. The van der Waals surface area contributed by atoms with Crippen molar-refractivity contribution < 1.29 is 14.3 Å². The highest BCUT2D eigenvalue weighted by Gasteiger charge is 2.31. The third-order valence-corrected chi connectivity index (χ3v) is 2.82. The number of methoxy groups -OCH3 is 1. The van der Waals surface area contributed by atoms with Crippen molar-refractivity contribution in [2.75, 3.05) is 32.2 Å². The minimum Gasteiger partial charge on any atom is -0.497 e. The van der Waals surface area contributed by atoms with Gasteiger partial charge in [-0.15, -0.1) is 0 Å². The van der Waals surface area contributed by atoms with E-state index >= 15 is 0 Å². The number of hydrogen-bond donors (Lipinski definition) is 1. The number of carbonyl (C=O) groups is 1. The van der Waals surface area contributed by atoms with E-state index in [-0.39, 0.29) is 0 Å². The molecule has 5 nitrogen and oxygen atoms in total. The van der Waals surface area contributed by atoms with E-state index in [0.717, 1.165) is 11.4 Å². The van der Waals surface area contributed by atoms with Gasteiger partial charge < -0.3 is 20.1 Å². The van der Waals surface area contributed by atoms with Gasteiger partial charge in [0.2, 0.25) is 0 Å². The third kappa shape index (κ3) is 4.13. The molecule has 1 unspecified atom stereocenters. The Balaban J connectivity index is 2.72. The van der Waals surface area contributed by atoms with Crippen LogP contribution in [0.3, 0.4) is 0 Å². The van der Waals surface area contributed by atoms with Gasteiger partial charge in [-0.25, -0.2) is 4.79 Å². The number of anilines is 1. The lowest BCUT2D eigenvalue weighted by molar-refractivity contribution is -0.148. The number of nitrogens with two attached hydrogens (primary N) is 1. The van der Waals surface area contributed by atoms with Crippen LogP contribution in [0.4, 0.5) is 5.69 Å². The van der Waals surface area contributed by atoms with Gasteiger partial charge in [-0.1, -0.05) is 0 Å². The summed E-state index contributed by atoms with van der Waals surface area (Å²) >= 11 is 0. The second kappa shape index (κ2) is 6.43. The van der Waals surface area contributed by atoms with Crippen molar-refractivity contribution in [3.63, 3.8) is 0 Å². The highest BCUT2D eigenvalue weighted by molar-refractivity contribution is 5.81. The first-order chi connectivity index (χ1) is 8.90. The average Bonchev–Trinajstić information content (AvgIpc) is 2.38. The van der Waals surface area contributed by atoms with Crippen LogP contribution in [0.15, 0.2) is 24.3 Å². The van der Waals surface area contributed by atoms with Gasteiger partial charge in [0.1, 0.15) is 11.3 Å². The molecular weight excluding hydrogens is 244 g/mol. The van der Waals surface area contributed by atoms with E-state index in [1.807, 2.05) is 36.2 Å². The molecule has 0 saturated heterocycles. The van der Waals surface area contributed by atoms with Gasteiger partial charge in [0.15, 0.2) is 0 Å². The Bertz CT molecular complexity index is 415. The van der Waals surface area contributed by atoms with E-state index in [1.54, 1.807) is 21.0 Å². The summed E-state index contributed by atoms with van der Waals surface area (Å²) in [6.07, 6.45) is 0. The van der Waals surface area contributed by atoms with Crippen molar-refractivity contribution in [1.29, 1.82) is 0 Å². The maximum absolute atomic E-state index is 11.7. The van der Waals surface area contributed by atoms with Gasteiger partial charge in [0, 0.05) is 19.3 Å². The van der Waals surface area contributed by atoms with Crippen LogP contribution in [-0.2, 0) is 9.53 Å². The van der Waals surface area contributed by atoms with Crippen molar-refractivity contribution in [3.8, 4) is 5.75 Å². The predicted molar refractivity (Wildman–Crippen MR) is 75.5 cm³/mol. The fourth-order valence-electron chi connectivity index (χ4n) is 1.78. The molecule has 0 aliphatic carbocycles. The van der Waals surface area contributed by atoms with Gasteiger partial charge in [-0.05, 0) is 38.1 Å². The van der Waals surface area contributed by atoms with Crippen LogP contribution in [0.25, 0.3) is 0 Å². The van der Waals surface area contributed by atoms with Crippen LogP contribution in [-0.4, -0.2) is 38.8 Å². The lowest BCUT2D eigenvalue weighted by Gasteiger charge is -2.29. The molecule has 0 aliphatic heterocycles. The van der Waals surface area contributed by atoms with Crippen molar-refractivity contribution in [3.05, 3.63) is 24.3 Å². The molecular formula is C14H22N2O3. The minimum atomic E-state index is -1.04. The largest absolute Gasteiger partial charge is 0.497 e. The molecule has 2 N–H and O–H groups in total. The maximum atomic E-state index is 11.7. The van der Waals surface area contributed by atoms with Crippen LogP contribution in [0, 0.1) is 0 Å². The van der Waals surface area contributed by atoms with E-state index in [1.165, 1.54) is 0 Å². The number of esters is 1. The zero-order chi connectivity index (χ0) is 14.5. The summed E-state index contributed by atoms with van der Waals surface area (Å²) in [6.45, 7) is 4.14. The Morgan fingerprint density at radius 2 is 1.95 bits per heavy atom. The highest BCUT2D eigenvalue weighted by Crippen LogP contribution is 2.19. The molecule has 0 bridgehead atoms. The zero-order valence-electron chi connectivity index (χ0n) is 12.0. The number of likely N-dealkylation sites (N-methyl/N-ethyl adjacent to an activating group) is 1. The maximum Gasteiger partial charge on any atom is 0.327 e. The molecule has 1 aromatic rings. The molecule has 1 atom stereocenters. The molecule has 0 aromatic heterocycles. The molecule has 0 fully saturated rings.